The minimum atomic E-state index is -1.09. The Kier molecular flexibility index (Phi) is 4.32. The van der Waals surface area contributed by atoms with E-state index in [0.29, 0.717) is 22.7 Å². The molecule has 2 rings (SSSR count). The molecule has 114 valence electrons. The smallest absolute Gasteiger partial charge is 0.328 e. The number of carbonyl (C=O) groups excluding carboxylic acids is 1. The van der Waals surface area contributed by atoms with Crippen LogP contribution in [0.3, 0.4) is 0 Å². The number of aliphatic carboxylic acids is 1. The fourth-order valence-electron chi connectivity index (χ4n) is 2.14. The van der Waals surface area contributed by atoms with Gasteiger partial charge in [0.2, 0.25) is 0 Å². The van der Waals surface area contributed by atoms with Gasteiger partial charge in [-0.15, -0.1) is 0 Å². The third-order valence-corrected chi connectivity index (χ3v) is 3.12. The van der Waals surface area contributed by atoms with Crippen LogP contribution in [0.15, 0.2) is 18.2 Å². The molecule has 1 amide bonds. The van der Waals surface area contributed by atoms with Gasteiger partial charge in [0.25, 0.3) is 5.91 Å². The van der Waals surface area contributed by atoms with Crippen LogP contribution in [0.1, 0.15) is 12.5 Å². The van der Waals surface area contributed by atoms with E-state index in [1.807, 2.05) is 6.07 Å². The van der Waals surface area contributed by atoms with Crippen molar-refractivity contribution in [3.05, 3.63) is 23.8 Å². The lowest BCUT2D eigenvalue weighted by molar-refractivity contribution is -0.131. The fraction of sp³-hybridized carbons (Fsp3) is 0.267. The second-order valence-electron chi connectivity index (χ2n) is 4.59. The summed E-state index contributed by atoms with van der Waals surface area (Å²) in [6.07, 6.45) is 1.62. The van der Waals surface area contributed by atoms with Crippen molar-refractivity contribution in [1.82, 2.24) is 0 Å². The molecule has 1 heterocycles. The molecule has 1 N–H and O–H groups in total. The number of methoxy groups -OCH3 is 1. The van der Waals surface area contributed by atoms with Crippen LogP contribution in [0.5, 0.6) is 11.5 Å². The number of ether oxygens (including phenoxy) is 2. The molecular formula is C15H14N2O5. The van der Waals surface area contributed by atoms with Crippen molar-refractivity contribution in [1.29, 1.82) is 5.26 Å². The molecule has 0 spiro atoms. The van der Waals surface area contributed by atoms with Crippen LogP contribution in [0.4, 0.5) is 5.69 Å². The predicted molar refractivity (Wildman–Crippen MR) is 77.7 cm³/mol. The molecule has 22 heavy (non-hydrogen) atoms. The summed E-state index contributed by atoms with van der Waals surface area (Å²) in [5, 5.41) is 17.6. The Morgan fingerprint density at radius 3 is 2.91 bits per heavy atom. The average molecular weight is 302 g/mol. The van der Waals surface area contributed by atoms with E-state index in [1.165, 1.54) is 18.1 Å². The quantitative estimate of drug-likeness (QED) is 0.667. The first kappa shape index (κ1) is 15.4. The minimum absolute atomic E-state index is 0.130. The van der Waals surface area contributed by atoms with Gasteiger partial charge in [0.05, 0.1) is 18.9 Å². The first-order chi connectivity index (χ1) is 10.5. The Hall–Kier alpha value is -3.01. The lowest BCUT2D eigenvalue weighted by atomic mass is 10.1. The van der Waals surface area contributed by atoms with E-state index >= 15 is 0 Å². The van der Waals surface area contributed by atoms with Crippen molar-refractivity contribution in [3.63, 3.8) is 0 Å². The summed E-state index contributed by atoms with van der Waals surface area (Å²) in [5.41, 5.74) is 0.904. The number of amides is 1. The normalized spacial score (nSPS) is 16.9. The van der Waals surface area contributed by atoms with Crippen LogP contribution < -0.4 is 14.4 Å². The van der Waals surface area contributed by atoms with Crippen molar-refractivity contribution in [2.24, 2.45) is 0 Å². The number of rotatable bonds is 4. The van der Waals surface area contributed by atoms with Crippen molar-refractivity contribution in [3.8, 4) is 17.6 Å². The molecule has 0 aromatic heterocycles. The summed E-state index contributed by atoms with van der Waals surface area (Å²) in [6, 6.07) is 5.12. The van der Waals surface area contributed by atoms with Gasteiger partial charge in [-0.05, 0) is 30.7 Å². The molecule has 0 bridgehead atoms. The SMILES string of the molecule is COc1cc(/C=C/C(=O)O)cc2c1OC(C)C(=O)N2CC#N. The number of carbonyl (C=O) groups is 2. The van der Waals surface area contributed by atoms with Gasteiger partial charge in [0, 0.05) is 6.08 Å². The van der Waals surface area contributed by atoms with E-state index in [0.717, 1.165) is 6.08 Å². The van der Waals surface area contributed by atoms with Crippen molar-refractivity contribution in [2.75, 3.05) is 18.6 Å². The van der Waals surface area contributed by atoms with Crippen LogP contribution >= 0.6 is 0 Å². The topological polar surface area (TPSA) is 99.9 Å². The summed E-state index contributed by atoms with van der Waals surface area (Å²) < 4.78 is 10.8. The molecule has 1 aliphatic rings. The third kappa shape index (κ3) is 2.86. The van der Waals surface area contributed by atoms with Crippen LogP contribution in [0, 0.1) is 11.3 Å². The molecule has 1 unspecified atom stereocenters. The maximum atomic E-state index is 12.2. The van der Waals surface area contributed by atoms with E-state index in [2.05, 4.69) is 0 Å². The molecule has 1 atom stereocenters. The van der Waals surface area contributed by atoms with Gasteiger partial charge in [-0.2, -0.15) is 5.26 Å². The van der Waals surface area contributed by atoms with E-state index in [4.69, 9.17) is 19.8 Å². The number of anilines is 1. The lowest BCUT2D eigenvalue weighted by Gasteiger charge is -2.32. The summed E-state index contributed by atoms with van der Waals surface area (Å²) in [7, 11) is 1.44. The van der Waals surface area contributed by atoms with Crippen molar-refractivity contribution < 1.29 is 24.2 Å². The Labute approximate surface area is 127 Å². The maximum Gasteiger partial charge on any atom is 0.328 e. The first-order valence-corrected chi connectivity index (χ1v) is 6.46. The van der Waals surface area contributed by atoms with Crippen molar-refractivity contribution >= 4 is 23.6 Å². The molecule has 1 aromatic carbocycles. The maximum absolute atomic E-state index is 12.2. The van der Waals surface area contributed by atoms with Gasteiger partial charge in [-0.1, -0.05) is 0 Å². The third-order valence-electron chi connectivity index (χ3n) is 3.12. The summed E-state index contributed by atoms with van der Waals surface area (Å²) in [4.78, 5) is 24.1. The Morgan fingerprint density at radius 1 is 1.59 bits per heavy atom. The molecule has 1 aliphatic heterocycles. The van der Waals surface area contributed by atoms with Gasteiger partial charge in [-0.3, -0.25) is 9.69 Å². The second kappa shape index (κ2) is 6.18. The highest BCUT2D eigenvalue weighted by molar-refractivity contribution is 6.01. The monoisotopic (exact) mass is 302 g/mol. The molecule has 0 radical (unpaired) electrons. The Morgan fingerprint density at radius 2 is 2.32 bits per heavy atom. The number of nitrogens with zero attached hydrogens (tertiary/aromatic N) is 2. The molecule has 0 fully saturated rings. The highest BCUT2D eigenvalue weighted by Gasteiger charge is 2.33. The number of carboxylic acids is 1. The fourth-order valence-corrected chi connectivity index (χ4v) is 2.14. The number of hydrogen-bond acceptors (Lipinski definition) is 5. The van der Waals surface area contributed by atoms with E-state index in [9.17, 15) is 9.59 Å². The first-order valence-electron chi connectivity index (χ1n) is 6.46. The number of nitriles is 1. The number of carboxylic acid groups (broad SMARTS) is 1. The van der Waals surface area contributed by atoms with Crippen LogP contribution in [0.25, 0.3) is 6.08 Å². The van der Waals surface area contributed by atoms with Gasteiger partial charge >= 0.3 is 5.97 Å². The highest BCUT2D eigenvalue weighted by Crippen LogP contribution is 2.42. The molecule has 7 nitrogen and oxygen atoms in total. The number of benzene rings is 1. The summed E-state index contributed by atoms with van der Waals surface area (Å²) in [5.74, 6) is -0.705. The van der Waals surface area contributed by atoms with Crippen molar-refractivity contribution in [2.45, 2.75) is 13.0 Å². The molecule has 0 aliphatic carbocycles. The average Bonchev–Trinajstić information content (AvgIpc) is 2.49. The van der Waals surface area contributed by atoms with E-state index < -0.39 is 12.1 Å². The van der Waals surface area contributed by atoms with Crippen LogP contribution in [-0.4, -0.2) is 36.7 Å². The highest BCUT2D eigenvalue weighted by atomic mass is 16.5. The van der Waals surface area contributed by atoms with Gasteiger partial charge in [-0.25, -0.2) is 4.79 Å². The van der Waals surface area contributed by atoms with Crippen LogP contribution in [0.2, 0.25) is 0 Å². The minimum Gasteiger partial charge on any atom is -0.493 e. The Bertz CT molecular complexity index is 690. The molecule has 1 aromatic rings. The van der Waals surface area contributed by atoms with E-state index in [-0.39, 0.29) is 12.5 Å². The van der Waals surface area contributed by atoms with E-state index in [1.54, 1.807) is 19.1 Å². The zero-order chi connectivity index (χ0) is 16.3. The number of hydrogen-bond donors (Lipinski definition) is 1. The van der Waals surface area contributed by atoms with Gasteiger partial charge in [0.15, 0.2) is 17.6 Å². The largest absolute Gasteiger partial charge is 0.493 e. The zero-order valence-corrected chi connectivity index (χ0v) is 12.1. The molecule has 0 saturated heterocycles. The summed E-state index contributed by atoms with van der Waals surface area (Å²) >= 11 is 0. The summed E-state index contributed by atoms with van der Waals surface area (Å²) in [6.45, 7) is 1.46. The van der Waals surface area contributed by atoms with Gasteiger partial charge in [0.1, 0.15) is 6.54 Å². The zero-order valence-electron chi connectivity index (χ0n) is 12.1. The lowest BCUT2D eigenvalue weighted by Crippen LogP contribution is -2.44. The molecule has 7 heteroatoms. The second-order valence-corrected chi connectivity index (χ2v) is 4.59. The standard InChI is InChI=1S/C15H14N2O5/c1-9-15(20)17(6-5-16)11-7-10(3-4-13(18)19)8-12(21-2)14(11)22-9/h3-4,7-9H,6H2,1-2H3,(H,18,19)/b4-3+. The Balaban J connectivity index is 2.58. The van der Waals surface area contributed by atoms with Crippen LogP contribution in [-0.2, 0) is 9.59 Å². The molecule has 0 saturated carbocycles. The molecular weight excluding hydrogens is 288 g/mol. The predicted octanol–water partition coefficient (Wildman–Crippen LogP) is 1.43. The van der Waals surface area contributed by atoms with Gasteiger partial charge < -0.3 is 14.6 Å². The number of fused-ring (bicyclic) bond motifs is 1.